The maximum Gasteiger partial charge on any atom is 0.189 e. The van der Waals surface area contributed by atoms with Crippen LogP contribution in [0.4, 0.5) is 0 Å². The van der Waals surface area contributed by atoms with Crippen molar-refractivity contribution in [3.8, 4) is 0 Å². The highest BCUT2D eigenvalue weighted by atomic mass is 15.1. The van der Waals surface area contributed by atoms with E-state index in [0.29, 0.717) is 11.9 Å². The lowest BCUT2D eigenvalue weighted by Gasteiger charge is -2.28. The fraction of sp³-hybridized carbons (Fsp3) is 0.917. The van der Waals surface area contributed by atoms with Crippen LogP contribution in [0.1, 0.15) is 53.9 Å². The van der Waals surface area contributed by atoms with Crippen LogP contribution in [0.5, 0.6) is 0 Å². The van der Waals surface area contributed by atoms with Crippen LogP contribution in [0.25, 0.3) is 0 Å². The zero-order chi connectivity index (χ0) is 11.9. The number of guanidine groups is 1. The van der Waals surface area contributed by atoms with E-state index in [0.717, 1.165) is 25.8 Å². The summed E-state index contributed by atoms with van der Waals surface area (Å²) >= 11 is 0. The topological polar surface area (TPSA) is 50.4 Å². The van der Waals surface area contributed by atoms with Gasteiger partial charge in [0, 0.05) is 12.1 Å². The predicted octanol–water partition coefficient (Wildman–Crippen LogP) is 2.52. The molecular formula is C12H27N3. The van der Waals surface area contributed by atoms with Crippen molar-refractivity contribution in [2.24, 2.45) is 16.6 Å². The minimum atomic E-state index is 0.0863. The van der Waals surface area contributed by atoms with Gasteiger partial charge in [0.15, 0.2) is 5.96 Å². The van der Waals surface area contributed by atoms with Crippen LogP contribution in [0.3, 0.4) is 0 Å². The van der Waals surface area contributed by atoms with Crippen LogP contribution in [0, 0.1) is 5.92 Å². The maximum absolute atomic E-state index is 5.85. The number of nitrogens with two attached hydrogens (primary N) is 1. The van der Waals surface area contributed by atoms with Gasteiger partial charge in [-0.15, -0.1) is 0 Å². The third-order valence-electron chi connectivity index (χ3n) is 3.26. The molecule has 0 spiro atoms. The summed E-state index contributed by atoms with van der Waals surface area (Å²) in [6, 6.07) is 0. The van der Waals surface area contributed by atoms with Crippen LogP contribution in [-0.4, -0.2) is 18.0 Å². The average Bonchev–Trinajstić information content (AvgIpc) is 2.25. The Kier molecular flexibility index (Phi) is 6.37. The predicted molar refractivity (Wildman–Crippen MR) is 68.1 cm³/mol. The van der Waals surface area contributed by atoms with Crippen molar-refractivity contribution in [2.75, 3.05) is 6.54 Å². The first-order valence-corrected chi connectivity index (χ1v) is 6.05. The Labute approximate surface area is 94.5 Å². The monoisotopic (exact) mass is 213 g/mol. The number of hydrogen-bond donors (Lipinski definition) is 2. The Morgan fingerprint density at radius 2 is 1.87 bits per heavy atom. The molecule has 0 aliphatic heterocycles. The van der Waals surface area contributed by atoms with Crippen molar-refractivity contribution in [1.29, 1.82) is 0 Å². The highest BCUT2D eigenvalue weighted by Crippen LogP contribution is 2.12. The molecule has 0 aromatic carbocycles. The summed E-state index contributed by atoms with van der Waals surface area (Å²) < 4.78 is 0. The van der Waals surface area contributed by atoms with E-state index in [4.69, 9.17) is 5.73 Å². The van der Waals surface area contributed by atoms with E-state index in [9.17, 15) is 0 Å². The van der Waals surface area contributed by atoms with E-state index in [1.54, 1.807) is 0 Å². The van der Waals surface area contributed by atoms with Gasteiger partial charge in [0.1, 0.15) is 0 Å². The van der Waals surface area contributed by atoms with Crippen LogP contribution < -0.4 is 11.1 Å². The Hall–Kier alpha value is -0.730. The second-order valence-electron chi connectivity index (χ2n) is 4.63. The smallest absolute Gasteiger partial charge is 0.189 e. The second-order valence-corrected chi connectivity index (χ2v) is 4.63. The molecule has 3 nitrogen and oxygen atoms in total. The fourth-order valence-electron chi connectivity index (χ4n) is 1.16. The first-order valence-electron chi connectivity index (χ1n) is 6.05. The molecule has 3 N–H and O–H groups in total. The largest absolute Gasteiger partial charge is 0.370 e. The van der Waals surface area contributed by atoms with Gasteiger partial charge in [-0.25, -0.2) is 0 Å². The first-order chi connectivity index (χ1) is 6.97. The lowest BCUT2D eigenvalue weighted by molar-refractivity contribution is 0.386. The molecule has 0 aliphatic carbocycles. The van der Waals surface area contributed by atoms with E-state index in [1.807, 2.05) is 0 Å². The SMILES string of the molecule is CCC(C)CN=C(N)NC(C)(CC)CC. The zero-order valence-corrected chi connectivity index (χ0v) is 10.9. The summed E-state index contributed by atoms with van der Waals surface area (Å²) in [7, 11) is 0. The van der Waals surface area contributed by atoms with Gasteiger partial charge in [-0.3, -0.25) is 4.99 Å². The van der Waals surface area contributed by atoms with Gasteiger partial charge in [0.2, 0.25) is 0 Å². The van der Waals surface area contributed by atoms with Gasteiger partial charge >= 0.3 is 0 Å². The van der Waals surface area contributed by atoms with Crippen molar-refractivity contribution in [1.82, 2.24) is 5.32 Å². The molecular weight excluding hydrogens is 186 g/mol. The summed E-state index contributed by atoms with van der Waals surface area (Å²) in [6.45, 7) is 11.7. The molecule has 3 heteroatoms. The molecule has 15 heavy (non-hydrogen) atoms. The molecule has 90 valence electrons. The van der Waals surface area contributed by atoms with E-state index in [-0.39, 0.29) is 5.54 Å². The van der Waals surface area contributed by atoms with Crippen molar-refractivity contribution < 1.29 is 0 Å². The van der Waals surface area contributed by atoms with Gasteiger partial charge in [0.05, 0.1) is 0 Å². The number of aliphatic imine (C=N–C) groups is 1. The maximum atomic E-state index is 5.85. The third-order valence-corrected chi connectivity index (χ3v) is 3.26. The Balaban J connectivity index is 4.16. The lowest BCUT2D eigenvalue weighted by Crippen LogP contribution is -2.48. The van der Waals surface area contributed by atoms with Crippen LogP contribution in [-0.2, 0) is 0 Å². The van der Waals surface area contributed by atoms with E-state index < -0.39 is 0 Å². The third kappa shape index (κ3) is 5.65. The molecule has 0 radical (unpaired) electrons. The van der Waals surface area contributed by atoms with Gasteiger partial charge in [0.25, 0.3) is 0 Å². The number of hydrogen-bond acceptors (Lipinski definition) is 1. The molecule has 0 aromatic heterocycles. The molecule has 0 rings (SSSR count). The minimum Gasteiger partial charge on any atom is -0.370 e. The molecule has 0 bridgehead atoms. The normalized spacial score (nSPS) is 15.1. The van der Waals surface area contributed by atoms with Crippen LogP contribution in [0.2, 0.25) is 0 Å². The number of nitrogens with zero attached hydrogens (tertiary/aromatic N) is 1. The Morgan fingerprint density at radius 3 is 2.27 bits per heavy atom. The van der Waals surface area contributed by atoms with E-state index in [1.165, 1.54) is 0 Å². The molecule has 1 unspecified atom stereocenters. The summed E-state index contributed by atoms with van der Waals surface area (Å²) in [5.74, 6) is 1.20. The number of rotatable bonds is 6. The van der Waals surface area contributed by atoms with Gasteiger partial charge in [-0.05, 0) is 25.7 Å². The molecule has 0 heterocycles. The molecule has 0 aliphatic rings. The van der Waals surface area contributed by atoms with Crippen LogP contribution in [0.15, 0.2) is 4.99 Å². The van der Waals surface area contributed by atoms with Gasteiger partial charge in [-0.1, -0.05) is 34.1 Å². The summed E-state index contributed by atoms with van der Waals surface area (Å²) in [5, 5.41) is 3.30. The molecule has 1 atom stereocenters. The molecule has 0 saturated carbocycles. The standard InChI is InChI=1S/C12H27N3/c1-6-10(4)9-14-11(13)15-12(5,7-2)8-3/h10H,6-9H2,1-5H3,(H3,13,14,15). The fourth-order valence-corrected chi connectivity index (χ4v) is 1.16. The Bertz CT molecular complexity index is 195. The number of nitrogens with one attached hydrogen (secondary N) is 1. The van der Waals surface area contributed by atoms with Gasteiger partial charge in [-0.2, -0.15) is 0 Å². The molecule has 0 fully saturated rings. The summed E-state index contributed by atoms with van der Waals surface area (Å²) in [5.41, 5.74) is 5.94. The first kappa shape index (κ1) is 14.3. The van der Waals surface area contributed by atoms with Crippen molar-refractivity contribution in [2.45, 2.75) is 59.4 Å². The van der Waals surface area contributed by atoms with E-state index in [2.05, 4.69) is 44.9 Å². The molecule has 0 saturated heterocycles. The average molecular weight is 213 g/mol. The highest BCUT2D eigenvalue weighted by Gasteiger charge is 2.19. The molecule has 0 aromatic rings. The lowest BCUT2D eigenvalue weighted by atomic mass is 9.96. The molecule has 0 amide bonds. The summed E-state index contributed by atoms with van der Waals surface area (Å²) in [4.78, 5) is 4.36. The van der Waals surface area contributed by atoms with Crippen molar-refractivity contribution >= 4 is 5.96 Å². The van der Waals surface area contributed by atoms with Gasteiger partial charge < -0.3 is 11.1 Å². The van der Waals surface area contributed by atoms with E-state index >= 15 is 0 Å². The summed E-state index contributed by atoms with van der Waals surface area (Å²) in [6.07, 6.45) is 3.27. The highest BCUT2D eigenvalue weighted by molar-refractivity contribution is 5.78. The van der Waals surface area contributed by atoms with Crippen LogP contribution >= 0.6 is 0 Å². The van der Waals surface area contributed by atoms with Crippen molar-refractivity contribution in [3.63, 3.8) is 0 Å². The van der Waals surface area contributed by atoms with Crippen molar-refractivity contribution in [3.05, 3.63) is 0 Å². The quantitative estimate of drug-likeness (QED) is 0.526. The Morgan fingerprint density at radius 1 is 1.33 bits per heavy atom. The zero-order valence-electron chi connectivity index (χ0n) is 10.9. The second kappa shape index (κ2) is 6.70. The minimum absolute atomic E-state index is 0.0863.